The molecule has 20 heavy (non-hydrogen) atoms. The van der Waals surface area contributed by atoms with Gasteiger partial charge in [-0.15, -0.1) is 11.3 Å². The van der Waals surface area contributed by atoms with E-state index in [0.717, 1.165) is 35.2 Å². The Hall–Kier alpha value is -1.14. The minimum atomic E-state index is 0.0173. The molecule has 4 nitrogen and oxygen atoms in total. The largest absolute Gasteiger partial charge is 0.351 e. The highest BCUT2D eigenvalue weighted by Gasteiger charge is 2.12. The van der Waals surface area contributed by atoms with E-state index in [2.05, 4.69) is 33.2 Å². The summed E-state index contributed by atoms with van der Waals surface area (Å²) in [5.74, 6) is 0.0173. The number of thiophene rings is 1. The van der Waals surface area contributed by atoms with Gasteiger partial charge in [-0.3, -0.25) is 4.79 Å². The fourth-order valence-electron chi connectivity index (χ4n) is 1.89. The fourth-order valence-corrected chi connectivity index (χ4v) is 3.78. The maximum absolute atomic E-state index is 12.0. The molecule has 0 aliphatic rings. The number of aromatic nitrogens is 2. The van der Waals surface area contributed by atoms with E-state index in [4.69, 9.17) is 0 Å². The summed E-state index contributed by atoms with van der Waals surface area (Å²) < 4.78 is 3.06. The lowest BCUT2D eigenvalue weighted by molar-refractivity contribution is 0.0956. The average molecular weight is 356 g/mol. The molecule has 108 valence electrons. The summed E-state index contributed by atoms with van der Waals surface area (Å²) in [6, 6.07) is 1.92. The highest BCUT2D eigenvalue weighted by Crippen LogP contribution is 2.28. The Morgan fingerprint density at radius 1 is 1.55 bits per heavy atom. The molecule has 0 aliphatic carbocycles. The van der Waals surface area contributed by atoms with Gasteiger partial charge in [0, 0.05) is 34.8 Å². The van der Waals surface area contributed by atoms with Gasteiger partial charge in [0.1, 0.15) is 0 Å². The Bertz CT molecular complexity index is 551. The molecule has 0 unspecified atom stereocenters. The van der Waals surface area contributed by atoms with Crippen LogP contribution in [0.1, 0.15) is 34.3 Å². The molecule has 2 aromatic rings. The van der Waals surface area contributed by atoms with Crippen molar-refractivity contribution in [1.82, 2.24) is 14.9 Å². The quantitative estimate of drug-likeness (QED) is 0.772. The number of carbonyl (C=O) groups is 1. The van der Waals surface area contributed by atoms with Gasteiger partial charge in [0.05, 0.1) is 11.2 Å². The third-order valence-corrected chi connectivity index (χ3v) is 5.06. The molecular formula is C14H18BrN3OS. The van der Waals surface area contributed by atoms with Crippen molar-refractivity contribution in [2.24, 2.45) is 0 Å². The van der Waals surface area contributed by atoms with Gasteiger partial charge in [-0.05, 0) is 34.8 Å². The van der Waals surface area contributed by atoms with E-state index in [1.807, 2.05) is 16.8 Å². The lowest BCUT2D eigenvalue weighted by atomic mass is 10.3. The molecule has 2 rings (SSSR count). The first kappa shape index (κ1) is 15.3. The van der Waals surface area contributed by atoms with Gasteiger partial charge in [-0.1, -0.05) is 13.3 Å². The second kappa shape index (κ2) is 7.59. The molecular weight excluding hydrogens is 338 g/mol. The Balaban J connectivity index is 1.78. The van der Waals surface area contributed by atoms with Gasteiger partial charge in [0.15, 0.2) is 0 Å². The maximum atomic E-state index is 12.0. The van der Waals surface area contributed by atoms with E-state index in [1.54, 1.807) is 23.9 Å². The fraction of sp³-hybridized carbons (Fsp3) is 0.429. The molecule has 0 aliphatic heterocycles. The lowest BCUT2D eigenvalue weighted by Crippen LogP contribution is -2.24. The van der Waals surface area contributed by atoms with Crippen LogP contribution >= 0.6 is 27.3 Å². The molecule has 0 radical (unpaired) electrons. The summed E-state index contributed by atoms with van der Waals surface area (Å²) in [4.78, 5) is 18.0. The van der Waals surface area contributed by atoms with Crippen LogP contribution in [0.2, 0.25) is 0 Å². The van der Waals surface area contributed by atoms with Crippen molar-refractivity contribution in [1.29, 1.82) is 0 Å². The zero-order valence-electron chi connectivity index (χ0n) is 11.4. The van der Waals surface area contributed by atoms with E-state index in [-0.39, 0.29) is 5.91 Å². The van der Waals surface area contributed by atoms with E-state index >= 15 is 0 Å². The van der Waals surface area contributed by atoms with Crippen molar-refractivity contribution in [3.05, 3.63) is 39.0 Å². The lowest BCUT2D eigenvalue weighted by Gasteiger charge is -2.04. The SMILES string of the molecule is CCCc1sc(C(=O)NCCCn2ccnc2)cc1Br. The van der Waals surface area contributed by atoms with Crippen molar-refractivity contribution in [3.8, 4) is 0 Å². The van der Waals surface area contributed by atoms with Crippen LogP contribution < -0.4 is 5.32 Å². The second-order valence-corrected chi connectivity index (χ2v) is 6.53. The molecule has 0 atom stereocenters. The van der Waals surface area contributed by atoms with Gasteiger partial charge in [0.25, 0.3) is 5.91 Å². The van der Waals surface area contributed by atoms with E-state index in [1.165, 1.54) is 4.88 Å². The number of aryl methyl sites for hydroxylation is 2. The van der Waals surface area contributed by atoms with Crippen molar-refractivity contribution in [2.45, 2.75) is 32.7 Å². The smallest absolute Gasteiger partial charge is 0.261 e. The third-order valence-electron chi connectivity index (χ3n) is 2.90. The number of halogens is 1. The highest BCUT2D eigenvalue weighted by molar-refractivity contribution is 9.10. The minimum Gasteiger partial charge on any atom is -0.351 e. The predicted octanol–water partition coefficient (Wildman–Crippen LogP) is 3.48. The molecule has 0 saturated carbocycles. The molecule has 2 aromatic heterocycles. The number of nitrogens with zero attached hydrogens (tertiary/aromatic N) is 2. The van der Waals surface area contributed by atoms with Crippen molar-refractivity contribution in [2.75, 3.05) is 6.54 Å². The maximum Gasteiger partial charge on any atom is 0.261 e. The molecule has 1 N–H and O–H groups in total. The summed E-state index contributed by atoms with van der Waals surface area (Å²) in [5.41, 5.74) is 0. The van der Waals surface area contributed by atoms with Gasteiger partial charge >= 0.3 is 0 Å². The molecule has 6 heteroatoms. The summed E-state index contributed by atoms with van der Waals surface area (Å²) in [6.45, 7) is 3.69. The van der Waals surface area contributed by atoms with Crippen molar-refractivity contribution in [3.63, 3.8) is 0 Å². The molecule has 0 fully saturated rings. The molecule has 0 bridgehead atoms. The Morgan fingerprint density at radius 3 is 3.10 bits per heavy atom. The third kappa shape index (κ3) is 4.18. The number of amides is 1. The van der Waals surface area contributed by atoms with Crippen LogP contribution in [0.15, 0.2) is 29.3 Å². The van der Waals surface area contributed by atoms with Crippen LogP contribution in [-0.4, -0.2) is 22.0 Å². The standard InChI is InChI=1S/C14H18BrN3OS/c1-2-4-12-11(15)9-13(20-12)14(19)17-5-3-7-18-8-6-16-10-18/h6,8-10H,2-5,7H2,1H3,(H,17,19). The first-order valence-electron chi connectivity index (χ1n) is 6.73. The Morgan fingerprint density at radius 2 is 2.40 bits per heavy atom. The molecule has 0 aromatic carbocycles. The van der Waals surface area contributed by atoms with Gasteiger partial charge in [-0.2, -0.15) is 0 Å². The van der Waals surface area contributed by atoms with Gasteiger partial charge < -0.3 is 9.88 Å². The monoisotopic (exact) mass is 355 g/mol. The summed E-state index contributed by atoms with van der Waals surface area (Å²) in [5, 5.41) is 2.96. The molecule has 2 heterocycles. The van der Waals surface area contributed by atoms with Crippen LogP contribution in [0.25, 0.3) is 0 Å². The second-order valence-electron chi connectivity index (χ2n) is 4.54. The summed E-state index contributed by atoms with van der Waals surface area (Å²) in [7, 11) is 0. The van der Waals surface area contributed by atoms with Crippen LogP contribution in [0.3, 0.4) is 0 Å². The summed E-state index contributed by atoms with van der Waals surface area (Å²) >= 11 is 5.09. The van der Waals surface area contributed by atoms with Crippen LogP contribution in [0, 0.1) is 0 Å². The number of hydrogen-bond donors (Lipinski definition) is 1. The van der Waals surface area contributed by atoms with Gasteiger partial charge in [0.2, 0.25) is 0 Å². The van der Waals surface area contributed by atoms with E-state index in [0.29, 0.717) is 6.54 Å². The molecule has 0 saturated heterocycles. The average Bonchev–Trinajstić information content (AvgIpc) is 3.06. The number of rotatable bonds is 7. The zero-order valence-corrected chi connectivity index (χ0v) is 13.8. The van der Waals surface area contributed by atoms with Gasteiger partial charge in [-0.25, -0.2) is 4.98 Å². The highest BCUT2D eigenvalue weighted by atomic mass is 79.9. The zero-order chi connectivity index (χ0) is 14.4. The van der Waals surface area contributed by atoms with Crippen LogP contribution in [0.4, 0.5) is 0 Å². The molecule has 1 amide bonds. The number of imidazole rings is 1. The van der Waals surface area contributed by atoms with Crippen molar-refractivity contribution >= 4 is 33.2 Å². The molecule has 0 spiro atoms. The normalized spacial score (nSPS) is 10.7. The van der Waals surface area contributed by atoms with E-state index < -0.39 is 0 Å². The number of nitrogens with one attached hydrogen (secondary N) is 1. The number of hydrogen-bond acceptors (Lipinski definition) is 3. The van der Waals surface area contributed by atoms with Crippen LogP contribution in [-0.2, 0) is 13.0 Å². The topological polar surface area (TPSA) is 46.9 Å². The minimum absolute atomic E-state index is 0.0173. The van der Waals surface area contributed by atoms with Crippen LogP contribution in [0.5, 0.6) is 0 Å². The Labute approximate surface area is 131 Å². The first-order valence-corrected chi connectivity index (χ1v) is 8.33. The summed E-state index contributed by atoms with van der Waals surface area (Å²) in [6.07, 6.45) is 8.47. The van der Waals surface area contributed by atoms with E-state index in [9.17, 15) is 4.79 Å². The Kier molecular flexibility index (Phi) is 5.79. The predicted molar refractivity (Wildman–Crippen MR) is 85.2 cm³/mol. The van der Waals surface area contributed by atoms with Crippen molar-refractivity contribution < 1.29 is 4.79 Å². The number of carbonyl (C=O) groups excluding carboxylic acids is 1. The first-order chi connectivity index (χ1) is 9.70.